The molecule has 14 heteroatoms. The van der Waals surface area contributed by atoms with Gasteiger partial charge >= 0.3 is 18.3 Å². The molecule has 2 N–H and O–H groups in total. The Bertz CT molecular complexity index is 1060. The molecule has 8 nitrogen and oxygen atoms in total. The SMILES string of the molecule is NCc1cc(O[C@H]2CCCN(C(=O)c3cccnc3OC(=O)C(F)(F)F)C2)nc(C(F)(F)F)c1. The quantitative estimate of drug-likeness (QED) is 0.505. The number of ether oxygens (including phenoxy) is 2. The third-order valence-corrected chi connectivity index (χ3v) is 4.76. The van der Waals surface area contributed by atoms with Crippen LogP contribution < -0.4 is 15.2 Å². The van der Waals surface area contributed by atoms with Crippen molar-refractivity contribution in [3.63, 3.8) is 0 Å². The summed E-state index contributed by atoms with van der Waals surface area (Å²) >= 11 is 0. The minimum atomic E-state index is -5.29. The van der Waals surface area contributed by atoms with Gasteiger partial charge in [-0.3, -0.25) is 4.79 Å². The van der Waals surface area contributed by atoms with Gasteiger partial charge in [0, 0.05) is 25.4 Å². The van der Waals surface area contributed by atoms with Crippen LogP contribution in [0.3, 0.4) is 0 Å². The number of hydrogen-bond donors (Lipinski definition) is 1. The molecule has 0 spiro atoms. The van der Waals surface area contributed by atoms with Crippen LogP contribution in [0.5, 0.6) is 11.8 Å². The fourth-order valence-corrected chi connectivity index (χ4v) is 3.22. The van der Waals surface area contributed by atoms with Crippen molar-refractivity contribution in [2.24, 2.45) is 5.73 Å². The second-order valence-corrected chi connectivity index (χ2v) is 7.28. The molecule has 1 saturated heterocycles. The van der Waals surface area contributed by atoms with Crippen LogP contribution in [0.4, 0.5) is 26.3 Å². The van der Waals surface area contributed by atoms with E-state index < -0.39 is 41.9 Å². The number of likely N-dealkylation sites (tertiary alicyclic amines) is 1. The maximum Gasteiger partial charge on any atom is 0.491 e. The minimum absolute atomic E-state index is 0.101. The first-order chi connectivity index (χ1) is 15.9. The zero-order valence-electron chi connectivity index (χ0n) is 17.3. The van der Waals surface area contributed by atoms with Crippen LogP contribution in [0.2, 0.25) is 0 Å². The number of piperidine rings is 1. The summed E-state index contributed by atoms with van der Waals surface area (Å²) in [6, 6.07) is 4.47. The fraction of sp³-hybridized carbons (Fsp3) is 0.400. The molecule has 2 aromatic rings. The Hall–Kier alpha value is -3.42. The fourth-order valence-electron chi connectivity index (χ4n) is 3.22. The summed E-state index contributed by atoms with van der Waals surface area (Å²) in [5, 5.41) is 0. The standard InChI is InChI=1S/C20H18F6N4O4/c21-19(22,23)14-7-11(9-27)8-15(29-14)33-12-3-2-6-30(10-12)17(31)13-4-1-5-28-16(13)34-18(32)20(24,25)26/h1,4-5,7-8,12H,2-3,6,9-10,27H2/t12-/m0/s1. The highest BCUT2D eigenvalue weighted by molar-refractivity contribution is 5.97. The molecule has 3 heterocycles. The molecule has 1 amide bonds. The van der Waals surface area contributed by atoms with Gasteiger partial charge in [-0.25, -0.2) is 14.8 Å². The van der Waals surface area contributed by atoms with Gasteiger partial charge in [-0.05, 0) is 36.6 Å². The van der Waals surface area contributed by atoms with E-state index in [1.54, 1.807) is 0 Å². The van der Waals surface area contributed by atoms with E-state index in [0.717, 1.165) is 18.3 Å². The highest BCUT2D eigenvalue weighted by Crippen LogP contribution is 2.31. The van der Waals surface area contributed by atoms with E-state index in [0.29, 0.717) is 12.8 Å². The molecule has 1 atom stereocenters. The van der Waals surface area contributed by atoms with Crippen molar-refractivity contribution in [2.45, 2.75) is 37.8 Å². The highest BCUT2D eigenvalue weighted by Gasteiger charge is 2.42. The Morgan fingerprint density at radius 2 is 1.91 bits per heavy atom. The third kappa shape index (κ3) is 6.12. The largest absolute Gasteiger partial charge is 0.491 e. The van der Waals surface area contributed by atoms with Crippen LogP contribution in [-0.4, -0.2) is 52.1 Å². The first-order valence-electron chi connectivity index (χ1n) is 9.86. The van der Waals surface area contributed by atoms with Gasteiger partial charge in [-0.15, -0.1) is 0 Å². The molecule has 0 saturated carbocycles. The number of halogens is 6. The highest BCUT2D eigenvalue weighted by atomic mass is 19.4. The predicted octanol–water partition coefficient (Wildman–Crippen LogP) is 3.11. The monoisotopic (exact) mass is 492 g/mol. The van der Waals surface area contributed by atoms with E-state index in [1.165, 1.54) is 17.0 Å². The Morgan fingerprint density at radius 1 is 1.18 bits per heavy atom. The van der Waals surface area contributed by atoms with E-state index in [2.05, 4.69) is 14.7 Å². The number of hydrogen-bond acceptors (Lipinski definition) is 7. The number of nitrogens with zero attached hydrogens (tertiary/aromatic N) is 3. The lowest BCUT2D eigenvalue weighted by molar-refractivity contribution is -0.190. The van der Waals surface area contributed by atoms with Crippen molar-refractivity contribution < 1.29 is 45.4 Å². The minimum Gasteiger partial charge on any atom is -0.472 e. The molecule has 0 aliphatic carbocycles. The Labute approximate surface area is 188 Å². The number of alkyl halides is 6. The van der Waals surface area contributed by atoms with Crippen molar-refractivity contribution in [1.82, 2.24) is 14.9 Å². The molecule has 184 valence electrons. The van der Waals surface area contributed by atoms with E-state index in [9.17, 15) is 35.9 Å². The number of amides is 1. The second-order valence-electron chi connectivity index (χ2n) is 7.28. The van der Waals surface area contributed by atoms with Gasteiger partial charge in [0.25, 0.3) is 5.91 Å². The third-order valence-electron chi connectivity index (χ3n) is 4.76. The van der Waals surface area contributed by atoms with Crippen molar-refractivity contribution in [3.05, 3.63) is 47.3 Å². The van der Waals surface area contributed by atoms with E-state index in [4.69, 9.17) is 10.5 Å². The van der Waals surface area contributed by atoms with Crippen molar-refractivity contribution in [1.29, 1.82) is 0 Å². The van der Waals surface area contributed by atoms with Crippen molar-refractivity contribution >= 4 is 11.9 Å². The number of carbonyl (C=O) groups excluding carboxylic acids is 2. The molecule has 1 aliphatic heterocycles. The number of carbonyl (C=O) groups is 2. The zero-order valence-corrected chi connectivity index (χ0v) is 17.3. The number of aromatic nitrogens is 2. The molecule has 1 fully saturated rings. The average Bonchev–Trinajstić information content (AvgIpc) is 2.77. The zero-order chi connectivity index (χ0) is 25.1. The van der Waals surface area contributed by atoms with E-state index >= 15 is 0 Å². The summed E-state index contributed by atoms with van der Waals surface area (Å²) in [6.07, 6.45) is -8.95. The Kier molecular flexibility index (Phi) is 7.29. The molecular weight excluding hydrogens is 474 g/mol. The molecule has 1 aliphatic rings. The molecule has 0 aromatic carbocycles. The molecular formula is C20H18F6N4O4. The van der Waals surface area contributed by atoms with Crippen LogP contribution in [0.15, 0.2) is 30.5 Å². The summed E-state index contributed by atoms with van der Waals surface area (Å²) in [5.41, 5.74) is 4.03. The number of pyridine rings is 2. The lowest BCUT2D eigenvalue weighted by Gasteiger charge is -2.33. The Balaban J connectivity index is 1.76. The Morgan fingerprint density at radius 3 is 2.56 bits per heavy atom. The molecule has 0 radical (unpaired) electrons. The molecule has 3 rings (SSSR count). The van der Waals surface area contributed by atoms with E-state index in [1.807, 2.05) is 0 Å². The van der Waals surface area contributed by atoms with Gasteiger partial charge in [-0.2, -0.15) is 26.3 Å². The van der Waals surface area contributed by atoms with Gasteiger partial charge in [0.1, 0.15) is 17.4 Å². The van der Waals surface area contributed by atoms with Gasteiger partial charge in [0.05, 0.1) is 6.54 Å². The average molecular weight is 492 g/mol. The second kappa shape index (κ2) is 9.83. The smallest absolute Gasteiger partial charge is 0.472 e. The number of nitrogens with two attached hydrogens (primary N) is 1. The summed E-state index contributed by atoms with van der Waals surface area (Å²) in [6.45, 7) is -0.0990. The molecule has 2 aromatic heterocycles. The number of esters is 1. The molecule has 34 heavy (non-hydrogen) atoms. The molecule has 0 unspecified atom stereocenters. The van der Waals surface area contributed by atoms with Gasteiger partial charge in [-0.1, -0.05) is 0 Å². The van der Waals surface area contributed by atoms with E-state index in [-0.39, 0.29) is 36.6 Å². The van der Waals surface area contributed by atoms with Crippen molar-refractivity contribution in [3.8, 4) is 11.8 Å². The van der Waals surface area contributed by atoms with Gasteiger partial charge < -0.3 is 20.1 Å². The maximum absolute atomic E-state index is 13.1. The predicted molar refractivity (Wildman–Crippen MR) is 103 cm³/mol. The summed E-state index contributed by atoms with van der Waals surface area (Å²) in [4.78, 5) is 32.3. The lowest BCUT2D eigenvalue weighted by atomic mass is 10.1. The number of rotatable bonds is 5. The van der Waals surface area contributed by atoms with Crippen LogP contribution in [0.25, 0.3) is 0 Å². The summed E-state index contributed by atoms with van der Waals surface area (Å²) in [7, 11) is 0. The van der Waals surface area contributed by atoms with Gasteiger partial charge in [0.15, 0.2) is 0 Å². The molecule has 0 bridgehead atoms. The van der Waals surface area contributed by atoms with Crippen LogP contribution in [-0.2, 0) is 17.5 Å². The lowest BCUT2D eigenvalue weighted by Crippen LogP contribution is -2.44. The van der Waals surface area contributed by atoms with Crippen LogP contribution in [0.1, 0.15) is 34.5 Å². The summed E-state index contributed by atoms with van der Waals surface area (Å²) in [5.74, 6) is -4.46. The first-order valence-corrected chi connectivity index (χ1v) is 9.86. The normalized spacial score (nSPS) is 16.8. The topological polar surface area (TPSA) is 108 Å². The van der Waals surface area contributed by atoms with Gasteiger partial charge in [0.2, 0.25) is 11.8 Å². The van der Waals surface area contributed by atoms with Crippen LogP contribution in [0, 0.1) is 0 Å². The summed E-state index contributed by atoms with van der Waals surface area (Å²) < 4.78 is 86.7. The van der Waals surface area contributed by atoms with Crippen LogP contribution >= 0.6 is 0 Å². The maximum atomic E-state index is 13.1. The van der Waals surface area contributed by atoms with Crippen molar-refractivity contribution in [2.75, 3.05) is 13.1 Å². The first kappa shape index (κ1) is 25.2.